The van der Waals surface area contributed by atoms with E-state index >= 15 is 0 Å². The summed E-state index contributed by atoms with van der Waals surface area (Å²) < 4.78 is 5.18. The van der Waals surface area contributed by atoms with Crippen LogP contribution in [-0.4, -0.2) is 30.0 Å². The molecule has 1 amide bonds. The molecule has 1 aliphatic carbocycles. The molecule has 1 heterocycles. The summed E-state index contributed by atoms with van der Waals surface area (Å²) in [5.74, 6) is -0.657. The van der Waals surface area contributed by atoms with Crippen molar-refractivity contribution < 1.29 is 14.3 Å². The molecule has 1 aliphatic rings. The van der Waals surface area contributed by atoms with Gasteiger partial charge in [0.25, 0.3) is 5.91 Å². The fourth-order valence-corrected chi connectivity index (χ4v) is 3.91. The summed E-state index contributed by atoms with van der Waals surface area (Å²) in [6, 6.07) is 18.1. The lowest BCUT2D eigenvalue weighted by Crippen LogP contribution is -2.46. The standard InChI is InChI=1S/C23H24N2O3/c26-21(25-16-23(11-6-12-23)18-7-2-1-3-8-18)15-28-22(27)13-17-14-24-20-10-5-4-9-19(17)20/h1-5,7-10,14,24H,6,11-13,15-16H2,(H,25,26). The lowest BCUT2D eigenvalue weighted by atomic mass is 9.64. The first-order valence-corrected chi connectivity index (χ1v) is 9.69. The predicted molar refractivity (Wildman–Crippen MR) is 108 cm³/mol. The van der Waals surface area contributed by atoms with Crippen molar-refractivity contribution in [2.24, 2.45) is 0 Å². The van der Waals surface area contributed by atoms with Gasteiger partial charge < -0.3 is 15.0 Å². The molecule has 4 rings (SSSR count). The van der Waals surface area contributed by atoms with Crippen LogP contribution in [0.3, 0.4) is 0 Å². The molecule has 0 bridgehead atoms. The molecule has 0 spiro atoms. The van der Waals surface area contributed by atoms with Gasteiger partial charge in [-0.05, 0) is 30.0 Å². The van der Waals surface area contributed by atoms with Crippen molar-refractivity contribution in [3.05, 3.63) is 71.9 Å². The molecule has 0 radical (unpaired) electrons. The van der Waals surface area contributed by atoms with Gasteiger partial charge in [-0.3, -0.25) is 9.59 Å². The number of carbonyl (C=O) groups excluding carboxylic acids is 2. The van der Waals surface area contributed by atoms with Gasteiger partial charge in [-0.25, -0.2) is 0 Å². The number of ether oxygens (including phenoxy) is 1. The molecule has 0 aliphatic heterocycles. The Labute approximate surface area is 164 Å². The van der Waals surface area contributed by atoms with Gasteiger partial charge in [0, 0.05) is 29.1 Å². The highest BCUT2D eigenvalue weighted by Crippen LogP contribution is 2.43. The van der Waals surface area contributed by atoms with Crippen LogP contribution < -0.4 is 5.32 Å². The molecule has 0 unspecified atom stereocenters. The molecule has 2 N–H and O–H groups in total. The van der Waals surface area contributed by atoms with E-state index < -0.39 is 5.97 Å². The van der Waals surface area contributed by atoms with Crippen molar-refractivity contribution in [1.82, 2.24) is 10.3 Å². The van der Waals surface area contributed by atoms with E-state index in [1.807, 2.05) is 48.7 Å². The lowest BCUT2D eigenvalue weighted by molar-refractivity contribution is -0.147. The number of aromatic nitrogens is 1. The smallest absolute Gasteiger partial charge is 0.310 e. The van der Waals surface area contributed by atoms with Gasteiger partial charge in [0.05, 0.1) is 6.42 Å². The van der Waals surface area contributed by atoms with Gasteiger partial charge in [0.1, 0.15) is 0 Å². The third kappa shape index (κ3) is 3.79. The molecule has 0 saturated heterocycles. The number of fused-ring (bicyclic) bond motifs is 1. The van der Waals surface area contributed by atoms with Gasteiger partial charge >= 0.3 is 5.97 Å². The highest BCUT2D eigenvalue weighted by molar-refractivity contribution is 5.88. The molecule has 1 aromatic heterocycles. The van der Waals surface area contributed by atoms with E-state index in [0.717, 1.165) is 29.3 Å². The van der Waals surface area contributed by atoms with Crippen LogP contribution in [0.5, 0.6) is 0 Å². The molecular formula is C23H24N2O3. The zero-order valence-electron chi connectivity index (χ0n) is 15.7. The van der Waals surface area contributed by atoms with Gasteiger partial charge in [0.15, 0.2) is 6.61 Å². The van der Waals surface area contributed by atoms with Gasteiger partial charge in [0.2, 0.25) is 0 Å². The molecule has 0 atom stereocenters. The minimum Gasteiger partial charge on any atom is -0.455 e. The number of nitrogens with one attached hydrogen (secondary N) is 2. The summed E-state index contributed by atoms with van der Waals surface area (Å²) in [6.45, 7) is 0.335. The Morgan fingerprint density at radius 2 is 1.79 bits per heavy atom. The Morgan fingerprint density at radius 3 is 2.54 bits per heavy atom. The fraction of sp³-hybridized carbons (Fsp3) is 0.304. The minimum absolute atomic E-state index is 0.0188. The quantitative estimate of drug-likeness (QED) is 0.620. The molecule has 1 saturated carbocycles. The molecule has 144 valence electrons. The molecule has 5 heteroatoms. The van der Waals surface area contributed by atoms with E-state index in [9.17, 15) is 9.59 Å². The zero-order chi connectivity index (χ0) is 19.4. The number of hydrogen-bond acceptors (Lipinski definition) is 3. The minimum atomic E-state index is -0.402. The van der Waals surface area contributed by atoms with Crippen LogP contribution in [0, 0.1) is 0 Å². The van der Waals surface area contributed by atoms with E-state index in [0.29, 0.717) is 6.54 Å². The van der Waals surface area contributed by atoms with Crippen molar-refractivity contribution in [1.29, 1.82) is 0 Å². The van der Waals surface area contributed by atoms with E-state index in [-0.39, 0.29) is 24.3 Å². The Balaban J connectivity index is 1.27. The Bertz CT molecular complexity index is 974. The van der Waals surface area contributed by atoms with Crippen LogP contribution in [-0.2, 0) is 26.2 Å². The number of benzene rings is 2. The molecule has 3 aromatic rings. The van der Waals surface area contributed by atoms with E-state index in [1.165, 1.54) is 12.0 Å². The first-order valence-electron chi connectivity index (χ1n) is 9.69. The van der Waals surface area contributed by atoms with Gasteiger partial charge in [-0.15, -0.1) is 0 Å². The monoisotopic (exact) mass is 376 g/mol. The third-order valence-corrected chi connectivity index (χ3v) is 5.69. The number of para-hydroxylation sites is 1. The molecule has 5 nitrogen and oxygen atoms in total. The average molecular weight is 376 g/mol. The largest absolute Gasteiger partial charge is 0.455 e. The van der Waals surface area contributed by atoms with Gasteiger partial charge in [-0.1, -0.05) is 55.0 Å². The lowest BCUT2D eigenvalue weighted by Gasteiger charge is -2.42. The normalized spacial score (nSPS) is 15.0. The molecule has 28 heavy (non-hydrogen) atoms. The maximum Gasteiger partial charge on any atom is 0.310 e. The highest BCUT2D eigenvalue weighted by atomic mass is 16.5. The Hall–Kier alpha value is -3.08. The Kier molecular flexibility index (Phi) is 5.15. The molecule has 1 fully saturated rings. The van der Waals surface area contributed by atoms with Crippen molar-refractivity contribution in [2.75, 3.05) is 13.2 Å². The van der Waals surface area contributed by atoms with Crippen LogP contribution in [0.25, 0.3) is 10.9 Å². The molecular weight excluding hydrogens is 352 g/mol. The summed E-state index contributed by atoms with van der Waals surface area (Å²) in [5.41, 5.74) is 3.14. The number of amides is 1. The first-order chi connectivity index (χ1) is 13.7. The van der Waals surface area contributed by atoms with E-state index in [4.69, 9.17) is 4.74 Å². The number of carbonyl (C=O) groups is 2. The number of aromatic amines is 1. The predicted octanol–water partition coefficient (Wildman–Crippen LogP) is 3.49. The average Bonchev–Trinajstić information content (AvgIpc) is 3.09. The summed E-state index contributed by atoms with van der Waals surface area (Å²) in [5, 5.41) is 3.94. The van der Waals surface area contributed by atoms with Crippen molar-refractivity contribution in [2.45, 2.75) is 31.1 Å². The van der Waals surface area contributed by atoms with Crippen LogP contribution >= 0.6 is 0 Å². The second kappa shape index (κ2) is 7.89. The number of esters is 1. The summed E-state index contributed by atoms with van der Waals surface area (Å²) in [7, 11) is 0. The topological polar surface area (TPSA) is 71.2 Å². The fourth-order valence-electron chi connectivity index (χ4n) is 3.91. The van der Waals surface area contributed by atoms with Crippen LogP contribution in [0.1, 0.15) is 30.4 Å². The summed E-state index contributed by atoms with van der Waals surface area (Å²) >= 11 is 0. The Morgan fingerprint density at radius 1 is 1.04 bits per heavy atom. The zero-order valence-corrected chi connectivity index (χ0v) is 15.7. The molecule has 2 aromatic carbocycles. The summed E-state index contributed by atoms with van der Waals surface area (Å²) in [6.07, 6.45) is 5.26. The number of hydrogen-bond donors (Lipinski definition) is 2. The second-order valence-corrected chi connectivity index (χ2v) is 7.47. The van der Waals surface area contributed by atoms with Gasteiger partial charge in [-0.2, -0.15) is 0 Å². The second-order valence-electron chi connectivity index (χ2n) is 7.47. The van der Waals surface area contributed by atoms with Crippen molar-refractivity contribution >= 4 is 22.8 Å². The number of rotatable bonds is 7. The van der Waals surface area contributed by atoms with Crippen LogP contribution in [0.2, 0.25) is 0 Å². The number of H-pyrrole nitrogens is 1. The maximum atomic E-state index is 12.2. The van der Waals surface area contributed by atoms with E-state index in [1.54, 1.807) is 0 Å². The maximum absolute atomic E-state index is 12.2. The summed E-state index contributed by atoms with van der Waals surface area (Å²) in [4.78, 5) is 27.5. The third-order valence-electron chi connectivity index (χ3n) is 5.69. The van der Waals surface area contributed by atoms with E-state index in [2.05, 4.69) is 22.4 Å². The first kappa shape index (κ1) is 18.3. The van der Waals surface area contributed by atoms with Crippen LogP contribution in [0.4, 0.5) is 0 Å². The SMILES string of the molecule is O=C(COC(=O)Cc1c[nH]c2ccccc12)NCC1(c2ccccc2)CCC1. The highest BCUT2D eigenvalue weighted by Gasteiger charge is 2.38. The van der Waals surface area contributed by atoms with Crippen molar-refractivity contribution in [3.8, 4) is 0 Å². The van der Waals surface area contributed by atoms with Crippen LogP contribution in [0.15, 0.2) is 60.8 Å². The van der Waals surface area contributed by atoms with Crippen molar-refractivity contribution in [3.63, 3.8) is 0 Å².